The first kappa shape index (κ1) is 14.3. The summed E-state index contributed by atoms with van der Waals surface area (Å²) in [5.74, 6) is -0.213. The Morgan fingerprint density at radius 1 is 1.30 bits per heavy atom. The predicted octanol–water partition coefficient (Wildman–Crippen LogP) is 3.70. The molecule has 0 fully saturated rings. The molecule has 1 aromatic carbocycles. The van der Waals surface area contributed by atoms with E-state index in [1.165, 1.54) is 12.1 Å². The molecule has 0 saturated carbocycles. The van der Waals surface area contributed by atoms with E-state index in [0.29, 0.717) is 11.5 Å². The van der Waals surface area contributed by atoms with Gasteiger partial charge < -0.3 is 10.4 Å². The Hall–Kier alpha value is -2.14. The highest BCUT2D eigenvalue weighted by molar-refractivity contribution is 6.28. The fraction of sp³-hybridized carbons (Fsp3) is 0.214. The monoisotopic (exact) mass is 291 g/mol. The van der Waals surface area contributed by atoms with Gasteiger partial charge in [0.1, 0.15) is 5.82 Å². The average molecular weight is 292 g/mol. The molecule has 0 atom stereocenters. The Morgan fingerprint density at radius 3 is 2.70 bits per heavy atom. The first-order valence-corrected chi connectivity index (χ1v) is 6.48. The Balaban J connectivity index is 2.30. The third-order valence-corrected chi connectivity index (χ3v) is 2.86. The fourth-order valence-corrected chi connectivity index (χ4v) is 1.86. The van der Waals surface area contributed by atoms with Gasteiger partial charge in [-0.15, -0.1) is 0 Å². The first-order chi connectivity index (χ1) is 9.45. The summed E-state index contributed by atoms with van der Waals surface area (Å²) in [6, 6.07) is 8.28. The minimum absolute atomic E-state index is 0.160. The molecule has 104 valence electrons. The first-order valence-electron chi connectivity index (χ1n) is 6.10. The fourth-order valence-electron chi connectivity index (χ4n) is 1.67. The number of aromatic nitrogens is 2. The molecule has 0 radical (unpaired) electrons. The highest BCUT2D eigenvalue weighted by atomic mass is 35.5. The second-order valence-corrected chi connectivity index (χ2v) is 4.95. The van der Waals surface area contributed by atoms with Gasteiger partial charge in [0.15, 0.2) is 0 Å². The standard InChI is InChI=1S/C14H14ClN3O2/c1-8(2)11-7-12(18-14(15)17-11)16-10-5-3-4-9(6-10)13(19)20/h3-8H,1-2H3,(H,19,20)(H,16,17,18). The van der Waals surface area contributed by atoms with Crippen LogP contribution in [0, 0.1) is 0 Å². The lowest BCUT2D eigenvalue weighted by molar-refractivity contribution is 0.0697. The average Bonchev–Trinajstić information content (AvgIpc) is 2.38. The van der Waals surface area contributed by atoms with Gasteiger partial charge in [0.05, 0.1) is 11.3 Å². The van der Waals surface area contributed by atoms with Crippen molar-refractivity contribution >= 4 is 29.1 Å². The summed E-state index contributed by atoms with van der Waals surface area (Å²) >= 11 is 5.89. The number of carbonyl (C=O) groups is 1. The number of hydrogen-bond acceptors (Lipinski definition) is 4. The van der Waals surface area contributed by atoms with Crippen LogP contribution in [0.3, 0.4) is 0 Å². The lowest BCUT2D eigenvalue weighted by atomic mass is 10.1. The molecule has 1 heterocycles. The predicted molar refractivity (Wildman–Crippen MR) is 77.8 cm³/mol. The van der Waals surface area contributed by atoms with Crippen LogP contribution in [-0.4, -0.2) is 21.0 Å². The molecule has 0 aliphatic heterocycles. The number of rotatable bonds is 4. The number of nitrogens with one attached hydrogen (secondary N) is 1. The summed E-state index contributed by atoms with van der Waals surface area (Å²) in [4.78, 5) is 19.2. The number of hydrogen-bond donors (Lipinski definition) is 2. The van der Waals surface area contributed by atoms with Crippen LogP contribution in [0.2, 0.25) is 5.28 Å². The van der Waals surface area contributed by atoms with Crippen molar-refractivity contribution in [2.45, 2.75) is 19.8 Å². The number of nitrogens with zero attached hydrogens (tertiary/aromatic N) is 2. The molecule has 2 aromatic rings. The molecule has 2 rings (SSSR count). The lowest BCUT2D eigenvalue weighted by Crippen LogP contribution is -2.02. The van der Waals surface area contributed by atoms with E-state index < -0.39 is 5.97 Å². The number of aromatic carboxylic acids is 1. The molecule has 0 spiro atoms. The molecule has 1 aromatic heterocycles. The Bertz CT molecular complexity index is 644. The van der Waals surface area contributed by atoms with Crippen LogP contribution in [0.15, 0.2) is 30.3 Å². The van der Waals surface area contributed by atoms with Crippen molar-refractivity contribution in [2.24, 2.45) is 0 Å². The van der Waals surface area contributed by atoms with Gasteiger partial charge in [-0.05, 0) is 35.7 Å². The SMILES string of the molecule is CC(C)c1cc(Nc2cccc(C(=O)O)c2)nc(Cl)n1. The van der Waals surface area contributed by atoms with Crippen molar-refractivity contribution in [3.05, 3.63) is 46.9 Å². The number of benzene rings is 1. The third kappa shape index (κ3) is 3.45. The van der Waals surface area contributed by atoms with Crippen LogP contribution >= 0.6 is 11.6 Å². The summed E-state index contributed by atoms with van der Waals surface area (Å²) in [5, 5.41) is 12.2. The van der Waals surface area contributed by atoms with Crippen molar-refractivity contribution in [3.8, 4) is 0 Å². The van der Waals surface area contributed by atoms with E-state index in [1.807, 2.05) is 13.8 Å². The van der Waals surface area contributed by atoms with E-state index in [-0.39, 0.29) is 16.8 Å². The molecule has 0 amide bonds. The van der Waals surface area contributed by atoms with Gasteiger partial charge in [-0.1, -0.05) is 19.9 Å². The third-order valence-electron chi connectivity index (χ3n) is 2.69. The maximum Gasteiger partial charge on any atom is 0.335 e. The summed E-state index contributed by atoms with van der Waals surface area (Å²) in [7, 11) is 0. The maximum atomic E-state index is 10.9. The lowest BCUT2D eigenvalue weighted by Gasteiger charge is -2.10. The van der Waals surface area contributed by atoms with E-state index >= 15 is 0 Å². The van der Waals surface area contributed by atoms with Crippen LogP contribution in [0.25, 0.3) is 0 Å². The van der Waals surface area contributed by atoms with Gasteiger partial charge in [0, 0.05) is 11.8 Å². The van der Waals surface area contributed by atoms with Crippen LogP contribution in [-0.2, 0) is 0 Å². The number of anilines is 2. The zero-order valence-electron chi connectivity index (χ0n) is 11.1. The van der Waals surface area contributed by atoms with Gasteiger partial charge in [-0.3, -0.25) is 0 Å². The molecular formula is C14H14ClN3O2. The Labute approximate surface area is 121 Å². The Morgan fingerprint density at radius 2 is 2.05 bits per heavy atom. The molecule has 0 unspecified atom stereocenters. The normalized spacial score (nSPS) is 10.6. The van der Waals surface area contributed by atoms with Crippen LogP contribution in [0.1, 0.15) is 35.8 Å². The highest BCUT2D eigenvalue weighted by Gasteiger charge is 2.08. The smallest absolute Gasteiger partial charge is 0.335 e. The molecule has 0 aliphatic carbocycles. The van der Waals surface area contributed by atoms with E-state index in [2.05, 4.69) is 15.3 Å². The summed E-state index contributed by atoms with van der Waals surface area (Å²) in [6.07, 6.45) is 0. The molecule has 0 bridgehead atoms. The van der Waals surface area contributed by atoms with Crippen molar-refractivity contribution in [2.75, 3.05) is 5.32 Å². The largest absolute Gasteiger partial charge is 0.478 e. The quantitative estimate of drug-likeness (QED) is 0.840. The van der Waals surface area contributed by atoms with Crippen molar-refractivity contribution in [3.63, 3.8) is 0 Å². The number of carboxylic acid groups (broad SMARTS) is 1. The zero-order chi connectivity index (χ0) is 14.7. The van der Waals surface area contributed by atoms with Crippen molar-refractivity contribution in [1.82, 2.24) is 9.97 Å². The topological polar surface area (TPSA) is 75.1 Å². The van der Waals surface area contributed by atoms with E-state index in [0.717, 1.165) is 5.69 Å². The molecule has 0 saturated heterocycles. The van der Waals surface area contributed by atoms with E-state index in [4.69, 9.17) is 16.7 Å². The molecule has 0 aliphatic rings. The van der Waals surface area contributed by atoms with Gasteiger partial charge in [0.2, 0.25) is 5.28 Å². The second kappa shape index (κ2) is 5.88. The van der Waals surface area contributed by atoms with Crippen LogP contribution in [0.5, 0.6) is 0 Å². The zero-order valence-corrected chi connectivity index (χ0v) is 11.8. The van der Waals surface area contributed by atoms with Gasteiger partial charge in [-0.2, -0.15) is 0 Å². The van der Waals surface area contributed by atoms with Gasteiger partial charge >= 0.3 is 5.97 Å². The van der Waals surface area contributed by atoms with E-state index in [9.17, 15) is 4.79 Å². The number of carboxylic acids is 1. The molecule has 6 heteroatoms. The molecular weight excluding hydrogens is 278 g/mol. The summed E-state index contributed by atoms with van der Waals surface area (Å²) < 4.78 is 0. The molecule has 5 nitrogen and oxygen atoms in total. The minimum atomic E-state index is -0.975. The van der Waals surface area contributed by atoms with Crippen LogP contribution < -0.4 is 5.32 Å². The number of halogens is 1. The van der Waals surface area contributed by atoms with Crippen LogP contribution in [0.4, 0.5) is 11.5 Å². The summed E-state index contributed by atoms with van der Waals surface area (Å²) in [5.41, 5.74) is 1.66. The van der Waals surface area contributed by atoms with Gasteiger partial charge in [0.25, 0.3) is 0 Å². The van der Waals surface area contributed by atoms with Gasteiger partial charge in [-0.25, -0.2) is 14.8 Å². The molecule has 20 heavy (non-hydrogen) atoms. The minimum Gasteiger partial charge on any atom is -0.478 e. The van der Waals surface area contributed by atoms with E-state index in [1.54, 1.807) is 18.2 Å². The second-order valence-electron chi connectivity index (χ2n) is 4.61. The summed E-state index contributed by atoms with van der Waals surface area (Å²) in [6.45, 7) is 4.01. The maximum absolute atomic E-state index is 10.9. The van der Waals surface area contributed by atoms with Crippen molar-refractivity contribution in [1.29, 1.82) is 0 Å². The Kier molecular flexibility index (Phi) is 4.20. The molecule has 2 N–H and O–H groups in total. The van der Waals surface area contributed by atoms with Crippen molar-refractivity contribution < 1.29 is 9.90 Å². The highest BCUT2D eigenvalue weighted by Crippen LogP contribution is 2.21.